The molecule has 1 N–H and O–H groups in total. The highest BCUT2D eigenvalue weighted by atomic mass is 35.5. The average Bonchev–Trinajstić information content (AvgIpc) is 2.42. The van der Waals surface area contributed by atoms with Crippen LogP contribution in [0.5, 0.6) is 17.6 Å². The molecule has 1 aromatic carbocycles. The molecule has 0 saturated heterocycles. The number of aromatic hydroxyl groups is 1. The third kappa shape index (κ3) is 2.41. The number of aromatic nitrogens is 3. The maximum absolute atomic E-state index is 9.79. The van der Waals surface area contributed by atoms with Crippen LogP contribution in [-0.4, -0.2) is 20.1 Å². The van der Waals surface area contributed by atoms with Gasteiger partial charge in [0.05, 0.1) is 17.1 Å². The van der Waals surface area contributed by atoms with Gasteiger partial charge < -0.3 is 9.84 Å². The zero-order valence-corrected chi connectivity index (χ0v) is 10.4. The average molecular weight is 274 g/mol. The summed E-state index contributed by atoms with van der Waals surface area (Å²) in [5.41, 5.74) is 0.513. The zero-order chi connectivity index (χ0) is 13.2. The van der Waals surface area contributed by atoms with Crippen LogP contribution in [0.1, 0.15) is 0 Å². The summed E-state index contributed by atoms with van der Waals surface area (Å²) < 4.78 is 5.45. The van der Waals surface area contributed by atoms with Crippen LogP contribution in [0, 0.1) is 0 Å². The van der Waals surface area contributed by atoms with Crippen molar-refractivity contribution in [2.24, 2.45) is 0 Å². The lowest BCUT2D eigenvalue weighted by molar-refractivity contribution is 0.412. The molecule has 94 valence electrons. The Morgan fingerprint density at radius 2 is 1.84 bits per heavy atom. The largest absolute Gasteiger partial charge is 0.493 e. The second-order valence-corrected chi connectivity index (χ2v) is 4.22. The van der Waals surface area contributed by atoms with Crippen molar-refractivity contribution in [2.75, 3.05) is 0 Å². The highest BCUT2D eigenvalue weighted by Crippen LogP contribution is 2.26. The molecule has 0 spiro atoms. The van der Waals surface area contributed by atoms with E-state index >= 15 is 0 Å². The third-order valence-electron chi connectivity index (χ3n) is 2.48. The fourth-order valence-electron chi connectivity index (χ4n) is 1.60. The van der Waals surface area contributed by atoms with Crippen LogP contribution in [0.2, 0.25) is 5.02 Å². The summed E-state index contributed by atoms with van der Waals surface area (Å²) in [5, 5.41) is 10.9. The molecule has 5 nitrogen and oxygen atoms in total. The first kappa shape index (κ1) is 11.7. The molecule has 6 heteroatoms. The Balaban J connectivity index is 1.99. The topological polar surface area (TPSA) is 68.1 Å². The van der Waals surface area contributed by atoms with Crippen molar-refractivity contribution in [2.45, 2.75) is 0 Å². The Bertz CT molecular complexity index is 732. The Labute approximate surface area is 113 Å². The lowest BCUT2D eigenvalue weighted by atomic mass is 10.3. The maximum atomic E-state index is 9.79. The van der Waals surface area contributed by atoms with Gasteiger partial charge >= 0.3 is 6.01 Å². The fraction of sp³-hybridized carbons (Fsp3) is 0. The molecule has 2 heterocycles. The number of rotatable bonds is 2. The highest BCUT2D eigenvalue weighted by molar-refractivity contribution is 6.30. The molecular formula is C13H8ClN3O2. The number of pyridine rings is 1. The molecule has 0 bridgehead atoms. The van der Waals surface area contributed by atoms with E-state index < -0.39 is 0 Å². The minimum absolute atomic E-state index is 0.0559. The van der Waals surface area contributed by atoms with Gasteiger partial charge in [0.2, 0.25) is 5.88 Å². The molecule has 0 fully saturated rings. The summed E-state index contributed by atoms with van der Waals surface area (Å²) in [5.74, 6) is 0.392. The first-order valence-electron chi connectivity index (χ1n) is 5.46. The van der Waals surface area contributed by atoms with Crippen molar-refractivity contribution in [3.8, 4) is 17.6 Å². The number of hydrogen-bond donors (Lipinski definition) is 1. The van der Waals surface area contributed by atoms with Crippen LogP contribution in [0.3, 0.4) is 0 Å². The van der Waals surface area contributed by atoms with Crippen LogP contribution in [0.15, 0.2) is 42.7 Å². The van der Waals surface area contributed by atoms with Crippen LogP contribution in [-0.2, 0) is 0 Å². The quantitative estimate of drug-likeness (QED) is 0.777. The molecule has 0 aliphatic carbocycles. The van der Waals surface area contributed by atoms with Gasteiger partial charge in [0.1, 0.15) is 5.75 Å². The van der Waals surface area contributed by atoms with Gasteiger partial charge in [-0.1, -0.05) is 11.6 Å². The maximum Gasteiger partial charge on any atom is 0.325 e. The molecule has 3 rings (SSSR count). The number of fused-ring (bicyclic) bond motifs is 1. The second-order valence-electron chi connectivity index (χ2n) is 3.78. The molecule has 0 saturated carbocycles. The molecule has 0 aliphatic heterocycles. The van der Waals surface area contributed by atoms with Gasteiger partial charge in [0.25, 0.3) is 0 Å². The van der Waals surface area contributed by atoms with Crippen molar-refractivity contribution >= 4 is 22.5 Å². The third-order valence-corrected chi connectivity index (χ3v) is 2.73. The summed E-state index contributed by atoms with van der Waals surface area (Å²) in [6.07, 6.45) is 3.09. The minimum Gasteiger partial charge on any atom is -0.493 e. The van der Waals surface area contributed by atoms with Crippen LogP contribution >= 0.6 is 11.6 Å². The Morgan fingerprint density at radius 3 is 2.63 bits per heavy atom. The van der Waals surface area contributed by atoms with E-state index in [1.54, 1.807) is 36.5 Å². The van der Waals surface area contributed by atoms with E-state index in [-0.39, 0.29) is 11.9 Å². The number of ether oxygens (including phenoxy) is 1. The van der Waals surface area contributed by atoms with E-state index in [1.165, 1.54) is 6.20 Å². The van der Waals surface area contributed by atoms with Gasteiger partial charge in [-0.25, -0.2) is 0 Å². The van der Waals surface area contributed by atoms with E-state index in [0.717, 1.165) is 0 Å². The van der Waals surface area contributed by atoms with E-state index in [4.69, 9.17) is 16.3 Å². The van der Waals surface area contributed by atoms with Crippen molar-refractivity contribution in [1.82, 2.24) is 15.0 Å². The van der Waals surface area contributed by atoms with Gasteiger partial charge in [0, 0.05) is 11.2 Å². The molecule has 0 atom stereocenters. The van der Waals surface area contributed by atoms with Gasteiger partial charge in [-0.3, -0.25) is 4.98 Å². The van der Waals surface area contributed by atoms with E-state index in [0.29, 0.717) is 21.7 Å². The smallest absolute Gasteiger partial charge is 0.325 e. The molecule has 0 aliphatic rings. The second kappa shape index (κ2) is 4.70. The molecule has 0 radical (unpaired) electrons. The van der Waals surface area contributed by atoms with Crippen molar-refractivity contribution in [3.05, 3.63) is 47.7 Å². The predicted molar refractivity (Wildman–Crippen MR) is 70.5 cm³/mol. The Morgan fingerprint density at radius 1 is 1.05 bits per heavy atom. The van der Waals surface area contributed by atoms with E-state index in [9.17, 15) is 5.11 Å². The van der Waals surface area contributed by atoms with Crippen LogP contribution in [0.4, 0.5) is 0 Å². The zero-order valence-electron chi connectivity index (χ0n) is 9.62. The van der Waals surface area contributed by atoms with Gasteiger partial charge in [0.15, 0.2) is 0 Å². The minimum atomic E-state index is -0.142. The molecule has 0 amide bonds. The fourth-order valence-corrected chi connectivity index (χ4v) is 1.72. The van der Waals surface area contributed by atoms with Gasteiger partial charge in [-0.2, -0.15) is 9.97 Å². The number of benzene rings is 1. The Kier molecular flexibility index (Phi) is 2.89. The first-order valence-corrected chi connectivity index (χ1v) is 5.84. The molecule has 3 aromatic rings. The van der Waals surface area contributed by atoms with E-state index in [2.05, 4.69) is 15.0 Å². The number of halogens is 1. The summed E-state index contributed by atoms with van der Waals surface area (Å²) in [4.78, 5) is 12.0. The lowest BCUT2D eigenvalue weighted by Gasteiger charge is -2.05. The number of nitrogens with zero attached hydrogens (tertiary/aromatic N) is 3. The Hall–Kier alpha value is -2.40. The molecular weight excluding hydrogens is 266 g/mol. The number of hydrogen-bond acceptors (Lipinski definition) is 5. The lowest BCUT2D eigenvalue weighted by Crippen LogP contribution is -1.93. The van der Waals surface area contributed by atoms with E-state index in [1.807, 2.05) is 0 Å². The predicted octanol–water partition coefficient (Wildman–Crippen LogP) is 3.18. The summed E-state index contributed by atoms with van der Waals surface area (Å²) >= 11 is 5.78. The monoisotopic (exact) mass is 273 g/mol. The van der Waals surface area contributed by atoms with Crippen molar-refractivity contribution < 1.29 is 9.84 Å². The summed E-state index contributed by atoms with van der Waals surface area (Å²) in [6.45, 7) is 0. The molecule has 2 aromatic heterocycles. The molecule has 0 unspecified atom stereocenters. The highest BCUT2D eigenvalue weighted by Gasteiger charge is 2.08. The van der Waals surface area contributed by atoms with Crippen LogP contribution < -0.4 is 4.74 Å². The molecule has 19 heavy (non-hydrogen) atoms. The normalized spacial score (nSPS) is 10.6. The summed E-state index contributed by atoms with van der Waals surface area (Å²) in [6, 6.07) is 8.46. The van der Waals surface area contributed by atoms with Gasteiger partial charge in [-0.05, 0) is 30.3 Å². The SMILES string of the molecule is Oc1nc(Oc2ccc(Cl)cc2)nc2cnccc12. The van der Waals surface area contributed by atoms with Crippen LogP contribution in [0.25, 0.3) is 10.9 Å². The summed E-state index contributed by atoms with van der Waals surface area (Å²) in [7, 11) is 0. The van der Waals surface area contributed by atoms with Gasteiger partial charge in [-0.15, -0.1) is 0 Å². The van der Waals surface area contributed by atoms with Crippen molar-refractivity contribution in [3.63, 3.8) is 0 Å². The van der Waals surface area contributed by atoms with Crippen molar-refractivity contribution in [1.29, 1.82) is 0 Å². The standard InChI is InChI=1S/C13H8ClN3O2/c14-8-1-3-9(4-2-8)19-13-16-11-7-15-6-5-10(11)12(18)17-13/h1-7H,(H,16,17,18). The first-order chi connectivity index (χ1) is 9.22.